The zero-order valence-electron chi connectivity index (χ0n) is 8.36. The smallest absolute Gasteiger partial charge is 0.225 e. The van der Waals surface area contributed by atoms with Gasteiger partial charge < -0.3 is 9.64 Å². The van der Waals surface area contributed by atoms with Crippen LogP contribution < -0.4 is 4.90 Å². The van der Waals surface area contributed by atoms with Crippen molar-refractivity contribution in [2.24, 2.45) is 7.05 Å². The predicted octanol–water partition coefficient (Wildman–Crippen LogP) is 0.703. The Morgan fingerprint density at radius 3 is 2.93 bits per heavy atom. The third-order valence-corrected chi connectivity index (χ3v) is 2.98. The van der Waals surface area contributed by atoms with E-state index in [-0.39, 0.29) is 0 Å². The van der Waals surface area contributed by atoms with E-state index in [4.69, 9.17) is 17.0 Å². The maximum atomic E-state index is 5.29. The van der Waals surface area contributed by atoms with Crippen LogP contribution in [-0.4, -0.2) is 41.1 Å². The summed E-state index contributed by atoms with van der Waals surface area (Å²) >= 11 is 5.05. The minimum Gasteiger partial charge on any atom is -0.380 e. The molecule has 1 aromatic heterocycles. The molecule has 0 spiro atoms. The lowest BCUT2D eigenvalue weighted by atomic mass is 10.3. The van der Waals surface area contributed by atoms with Crippen molar-refractivity contribution >= 4 is 18.2 Å². The fourth-order valence-electron chi connectivity index (χ4n) is 1.72. The van der Waals surface area contributed by atoms with E-state index in [0.29, 0.717) is 10.9 Å². The van der Waals surface area contributed by atoms with Gasteiger partial charge in [0.2, 0.25) is 5.95 Å². The molecule has 0 bridgehead atoms. The molecule has 1 aliphatic heterocycles. The Labute approximate surface area is 87.7 Å². The number of rotatable bonds is 2. The summed E-state index contributed by atoms with van der Waals surface area (Å²) in [7, 11) is 3.67. The SMILES string of the molecule is COC1CCN(c2n[nH]c(=S)n2C)C1. The number of methoxy groups -OCH3 is 1. The topological polar surface area (TPSA) is 46.1 Å². The Morgan fingerprint density at radius 1 is 1.64 bits per heavy atom. The van der Waals surface area contributed by atoms with Crippen molar-refractivity contribution in [3.63, 3.8) is 0 Å². The summed E-state index contributed by atoms with van der Waals surface area (Å²) in [5.74, 6) is 0.898. The molecule has 0 aromatic carbocycles. The lowest BCUT2D eigenvalue weighted by Gasteiger charge is -2.15. The van der Waals surface area contributed by atoms with Crippen molar-refractivity contribution in [3.8, 4) is 0 Å². The normalized spacial score (nSPS) is 21.9. The molecule has 78 valence electrons. The van der Waals surface area contributed by atoms with E-state index < -0.39 is 0 Å². The number of nitrogens with zero attached hydrogens (tertiary/aromatic N) is 3. The average molecular weight is 214 g/mol. The number of nitrogens with one attached hydrogen (secondary N) is 1. The Bertz CT molecular complexity index is 372. The number of anilines is 1. The van der Waals surface area contributed by atoms with Crippen molar-refractivity contribution in [2.75, 3.05) is 25.1 Å². The van der Waals surface area contributed by atoms with Crippen LogP contribution in [0.4, 0.5) is 5.95 Å². The van der Waals surface area contributed by atoms with Crippen LogP contribution in [0.15, 0.2) is 0 Å². The minimum absolute atomic E-state index is 0.320. The van der Waals surface area contributed by atoms with Crippen LogP contribution in [-0.2, 0) is 11.8 Å². The average Bonchev–Trinajstić information content (AvgIpc) is 2.75. The Morgan fingerprint density at radius 2 is 2.43 bits per heavy atom. The van der Waals surface area contributed by atoms with E-state index in [0.717, 1.165) is 25.5 Å². The van der Waals surface area contributed by atoms with E-state index >= 15 is 0 Å². The summed E-state index contributed by atoms with van der Waals surface area (Å²) in [5.41, 5.74) is 0. The molecule has 1 aromatic rings. The lowest BCUT2D eigenvalue weighted by Crippen LogP contribution is -2.24. The molecule has 1 saturated heterocycles. The van der Waals surface area contributed by atoms with E-state index in [1.807, 2.05) is 11.6 Å². The Kier molecular flexibility index (Phi) is 2.56. The maximum Gasteiger partial charge on any atom is 0.225 e. The molecule has 1 fully saturated rings. The van der Waals surface area contributed by atoms with Gasteiger partial charge in [0.05, 0.1) is 6.10 Å². The number of ether oxygens (including phenoxy) is 1. The molecule has 1 atom stereocenters. The standard InChI is InChI=1S/C8H14N4OS/c1-11-7(9-10-8(11)14)12-4-3-6(5-12)13-2/h6H,3-5H2,1-2H3,(H,10,14). The molecule has 0 aliphatic carbocycles. The van der Waals surface area contributed by atoms with E-state index in [1.165, 1.54) is 0 Å². The van der Waals surface area contributed by atoms with Crippen molar-refractivity contribution in [1.82, 2.24) is 14.8 Å². The summed E-state index contributed by atoms with van der Waals surface area (Å²) in [5, 5.41) is 6.96. The number of aromatic nitrogens is 3. The van der Waals surface area contributed by atoms with Gasteiger partial charge in [-0.3, -0.25) is 4.57 Å². The zero-order chi connectivity index (χ0) is 10.1. The van der Waals surface area contributed by atoms with Crippen molar-refractivity contribution in [2.45, 2.75) is 12.5 Å². The van der Waals surface area contributed by atoms with Crippen LogP contribution in [0.1, 0.15) is 6.42 Å². The van der Waals surface area contributed by atoms with Gasteiger partial charge in [-0.05, 0) is 18.6 Å². The largest absolute Gasteiger partial charge is 0.380 e. The third kappa shape index (κ3) is 1.55. The third-order valence-electron chi connectivity index (χ3n) is 2.62. The first-order chi connectivity index (χ1) is 6.72. The molecule has 2 heterocycles. The summed E-state index contributed by atoms with van der Waals surface area (Å²) in [6.07, 6.45) is 1.37. The first-order valence-corrected chi connectivity index (χ1v) is 5.02. The van der Waals surface area contributed by atoms with Gasteiger partial charge in [-0.15, -0.1) is 5.10 Å². The van der Waals surface area contributed by atoms with Gasteiger partial charge in [-0.25, -0.2) is 5.10 Å². The molecule has 0 radical (unpaired) electrons. The molecular weight excluding hydrogens is 200 g/mol. The second-order valence-corrected chi connectivity index (χ2v) is 3.87. The van der Waals surface area contributed by atoms with Crippen LogP contribution in [0.5, 0.6) is 0 Å². The van der Waals surface area contributed by atoms with Gasteiger partial charge in [0.15, 0.2) is 4.77 Å². The number of hydrogen-bond donors (Lipinski definition) is 1. The van der Waals surface area contributed by atoms with Crippen molar-refractivity contribution in [1.29, 1.82) is 0 Å². The fourth-order valence-corrected chi connectivity index (χ4v) is 1.85. The highest BCUT2D eigenvalue weighted by Gasteiger charge is 2.24. The van der Waals surface area contributed by atoms with Gasteiger partial charge in [0.1, 0.15) is 0 Å². The molecule has 2 rings (SSSR count). The number of aromatic amines is 1. The van der Waals surface area contributed by atoms with E-state index in [2.05, 4.69) is 15.1 Å². The molecule has 1 N–H and O–H groups in total. The zero-order valence-corrected chi connectivity index (χ0v) is 9.17. The van der Waals surface area contributed by atoms with Crippen LogP contribution in [0.2, 0.25) is 0 Å². The van der Waals surface area contributed by atoms with Crippen molar-refractivity contribution < 1.29 is 4.74 Å². The second-order valence-electron chi connectivity index (χ2n) is 3.48. The highest BCUT2D eigenvalue weighted by molar-refractivity contribution is 7.71. The summed E-state index contributed by atoms with van der Waals surface area (Å²) in [6, 6.07) is 0. The number of H-pyrrole nitrogens is 1. The Hall–Kier alpha value is -0.880. The molecule has 6 heteroatoms. The predicted molar refractivity (Wildman–Crippen MR) is 56.0 cm³/mol. The Balaban J connectivity index is 2.17. The highest BCUT2D eigenvalue weighted by Crippen LogP contribution is 2.18. The quantitative estimate of drug-likeness (QED) is 0.736. The first kappa shape index (κ1) is 9.67. The molecular formula is C8H14N4OS. The van der Waals surface area contributed by atoms with Crippen LogP contribution in [0, 0.1) is 4.77 Å². The van der Waals surface area contributed by atoms with Crippen LogP contribution >= 0.6 is 12.2 Å². The van der Waals surface area contributed by atoms with Gasteiger partial charge in [0.25, 0.3) is 0 Å². The molecule has 0 saturated carbocycles. The van der Waals surface area contributed by atoms with Crippen LogP contribution in [0.25, 0.3) is 0 Å². The molecule has 1 unspecified atom stereocenters. The monoisotopic (exact) mass is 214 g/mol. The molecule has 5 nitrogen and oxygen atoms in total. The van der Waals surface area contributed by atoms with E-state index in [9.17, 15) is 0 Å². The molecule has 14 heavy (non-hydrogen) atoms. The van der Waals surface area contributed by atoms with Gasteiger partial charge >= 0.3 is 0 Å². The van der Waals surface area contributed by atoms with Gasteiger partial charge in [-0.1, -0.05) is 0 Å². The maximum absolute atomic E-state index is 5.29. The molecule has 1 aliphatic rings. The van der Waals surface area contributed by atoms with E-state index in [1.54, 1.807) is 7.11 Å². The fraction of sp³-hybridized carbons (Fsp3) is 0.750. The molecule has 0 amide bonds. The van der Waals surface area contributed by atoms with Crippen molar-refractivity contribution in [3.05, 3.63) is 4.77 Å². The summed E-state index contributed by atoms with van der Waals surface area (Å²) in [6.45, 7) is 1.87. The second kappa shape index (κ2) is 3.70. The lowest BCUT2D eigenvalue weighted by molar-refractivity contribution is 0.121. The van der Waals surface area contributed by atoms with Gasteiger partial charge in [0, 0.05) is 27.2 Å². The summed E-state index contributed by atoms with van der Waals surface area (Å²) in [4.78, 5) is 2.18. The number of hydrogen-bond acceptors (Lipinski definition) is 4. The van der Waals surface area contributed by atoms with Crippen LogP contribution in [0.3, 0.4) is 0 Å². The minimum atomic E-state index is 0.320. The highest BCUT2D eigenvalue weighted by atomic mass is 32.1. The first-order valence-electron chi connectivity index (χ1n) is 4.61. The summed E-state index contributed by atoms with van der Waals surface area (Å²) < 4.78 is 7.83. The van der Waals surface area contributed by atoms with Gasteiger partial charge in [-0.2, -0.15) is 0 Å².